The van der Waals surface area contributed by atoms with Gasteiger partial charge in [-0.1, -0.05) is 0 Å². The molecular weight excluding hydrogens is 462 g/mol. The zero-order chi connectivity index (χ0) is 26.1. The average Bonchev–Trinajstić information content (AvgIpc) is 3.60. The molecule has 6 fully saturated rings. The maximum atomic E-state index is 6.18. The minimum absolute atomic E-state index is 0.175. The van der Waals surface area contributed by atoms with Crippen molar-refractivity contribution in [3.63, 3.8) is 0 Å². The lowest BCUT2D eigenvalue weighted by Gasteiger charge is -2.57. The molecule has 5 unspecified atom stereocenters. The second-order valence-electron chi connectivity index (χ2n) is 15.6. The predicted molar refractivity (Wildman–Crippen MR) is 148 cm³/mol. The number of piperidine rings is 2. The van der Waals surface area contributed by atoms with Crippen molar-refractivity contribution < 1.29 is 14.2 Å². The Morgan fingerprint density at radius 1 is 0.676 bits per heavy atom. The van der Waals surface area contributed by atoms with Crippen molar-refractivity contribution in [3.05, 3.63) is 0 Å². The zero-order valence-corrected chi connectivity index (χ0v) is 24.8. The van der Waals surface area contributed by atoms with Crippen molar-refractivity contribution in [2.24, 2.45) is 28.1 Å². The number of ether oxygens (including phenoxy) is 3. The first-order valence-corrected chi connectivity index (χ1v) is 15.5. The smallest absolute Gasteiger partial charge is 0.0545 e. The Hall–Kier alpha value is -0.240. The van der Waals surface area contributed by atoms with E-state index in [1.54, 1.807) is 0 Å². The molecule has 6 aliphatic heterocycles. The van der Waals surface area contributed by atoms with Gasteiger partial charge in [-0.25, -0.2) is 0 Å². The number of nitrogens with zero attached hydrogens (tertiary/aromatic N) is 3. The molecule has 0 bridgehead atoms. The summed E-state index contributed by atoms with van der Waals surface area (Å²) in [6, 6.07) is 0.539. The number of rotatable bonds is 4. The van der Waals surface area contributed by atoms with Crippen LogP contribution in [-0.2, 0) is 14.2 Å². The molecule has 3 spiro atoms. The highest BCUT2D eigenvalue weighted by molar-refractivity contribution is 5.10. The third kappa shape index (κ3) is 4.54. The molecule has 6 saturated heterocycles. The Balaban J connectivity index is 1.23. The number of hydrogen-bond acceptors (Lipinski definition) is 6. The van der Waals surface area contributed by atoms with Gasteiger partial charge < -0.3 is 14.2 Å². The predicted octanol–water partition coefficient (Wildman–Crippen LogP) is 4.13. The van der Waals surface area contributed by atoms with Crippen LogP contribution in [0.4, 0.5) is 0 Å². The molecule has 0 N–H and O–H groups in total. The van der Waals surface area contributed by atoms with Gasteiger partial charge in [0.05, 0.1) is 26.4 Å². The Labute approximate surface area is 226 Å². The third-order valence-electron chi connectivity index (χ3n) is 12.6. The van der Waals surface area contributed by atoms with Gasteiger partial charge in [0, 0.05) is 66.2 Å². The zero-order valence-electron chi connectivity index (χ0n) is 24.8. The van der Waals surface area contributed by atoms with Crippen LogP contribution in [0.5, 0.6) is 0 Å². The molecule has 5 atom stereocenters. The van der Waals surface area contributed by atoms with Crippen LogP contribution in [0, 0.1) is 28.1 Å². The highest BCUT2D eigenvalue weighted by Gasteiger charge is 2.60. The maximum Gasteiger partial charge on any atom is 0.0545 e. The Morgan fingerprint density at radius 3 is 1.84 bits per heavy atom. The largest absolute Gasteiger partial charge is 0.381 e. The van der Waals surface area contributed by atoms with Crippen molar-refractivity contribution in [3.8, 4) is 0 Å². The van der Waals surface area contributed by atoms with E-state index in [1.807, 2.05) is 0 Å². The molecule has 212 valence electrons. The van der Waals surface area contributed by atoms with E-state index in [9.17, 15) is 0 Å². The average molecular weight is 518 g/mol. The first kappa shape index (κ1) is 27.0. The molecule has 0 aliphatic carbocycles. The van der Waals surface area contributed by atoms with Crippen molar-refractivity contribution in [2.45, 2.75) is 90.8 Å². The van der Waals surface area contributed by atoms with E-state index in [0.29, 0.717) is 34.1 Å². The van der Waals surface area contributed by atoms with E-state index in [-0.39, 0.29) is 11.1 Å². The topological polar surface area (TPSA) is 37.4 Å². The van der Waals surface area contributed by atoms with Crippen LogP contribution < -0.4 is 0 Å². The lowest BCUT2D eigenvalue weighted by atomic mass is 9.58. The second-order valence-corrected chi connectivity index (χ2v) is 15.6. The lowest BCUT2D eigenvalue weighted by Crippen LogP contribution is -2.64. The monoisotopic (exact) mass is 517 g/mol. The lowest BCUT2D eigenvalue weighted by molar-refractivity contribution is -0.152. The van der Waals surface area contributed by atoms with Gasteiger partial charge in [0.25, 0.3) is 0 Å². The minimum Gasteiger partial charge on any atom is -0.381 e. The summed E-state index contributed by atoms with van der Waals surface area (Å²) in [5.41, 5.74) is 1.57. The summed E-state index contributed by atoms with van der Waals surface area (Å²) in [5.74, 6) is 1.38. The van der Waals surface area contributed by atoms with Crippen LogP contribution in [0.1, 0.15) is 73.6 Å². The molecule has 0 amide bonds. The molecule has 0 radical (unpaired) electrons. The van der Waals surface area contributed by atoms with Crippen molar-refractivity contribution in [2.75, 3.05) is 78.9 Å². The minimum atomic E-state index is 0.175. The van der Waals surface area contributed by atoms with E-state index >= 15 is 0 Å². The summed E-state index contributed by atoms with van der Waals surface area (Å²) in [6.07, 6.45) is 6.39. The fourth-order valence-electron chi connectivity index (χ4n) is 9.15. The van der Waals surface area contributed by atoms with Crippen LogP contribution >= 0.6 is 0 Å². The summed E-state index contributed by atoms with van der Waals surface area (Å²) in [7, 11) is 0. The first-order chi connectivity index (χ1) is 17.5. The van der Waals surface area contributed by atoms with Gasteiger partial charge in [0.1, 0.15) is 0 Å². The Bertz CT molecular complexity index is 812. The first-order valence-electron chi connectivity index (χ1n) is 15.5. The quantitative estimate of drug-likeness (QED) is 0.558. The van der Waals surface area contributed by atoms with Crippen molar-refractivity contribution in [1.82, 2.24) is 14.7 Å². The van der Waals surface area contributed by atoms with Crippen molar-refractivity contribution in [1.29, 1.82) is 0 Å². The van der Waals surface area contributed by atoms with E-state index in [2.05, 4.69) is 56.2 Å². The number of likely N-dealkylation sites (tertiary alicyclic amines) is 3. The standard InChI is InChI=1S/C31H55N3O3/c1-24(28(5,6)33-13-7-29(8-14-33)20-37-21-29)32-12-9-30(10-15-35-22-30)25(17-32)26-18-34(27(2,3)4)19-31(26)11-16-36-23-31/h24-26H,7-23H2,1-6H3. The fraction of sp³-hybridized carbons (Fsp3) is 1.00. The highest BCUT2D eigenvalue weighted by atomic mass is 16.5. The van der Waals surface area contributed by atoms with Gasteiger partial charge in [-0.2, -0.15) is 0 Å². The molecule has 6 aliphatic rings. The fourth-order valence-corrected chi connectivity index (χ4v) is 9.15. The van der Waals surface area contributed by atoms with Gasteiger partial charge in [0.2, 0.25) is 0 Å². The summed E-state index contributed by atoms with van der Waals surface area (Å²) in [4.78, 5) is 8.49. The molecule has 6 rings (SSSR count). The van der Waals surface area contributed by atoms with Crippen LogP contribution in [0.3, 0.4) is 0 Å². The second kappa shape index (κ2) is 9.41. The molecule has 37 heavy (non-hydrogen) atoms. The van der Waals surface area contributed by atoms with E-state index < -0.39 is 0 Å². The Kier molecular flexibility index (Phi) is 6.86. The number of hydrogen-bond donors (Lipinski definition) is 0. The molecule has 6 heteroatoms. The van der Waals surface area contributed by atoms with E-state index in [0.717, 1.165) is 39.6 Å². The molecule has 6 heterocycles. The maximum absolute atomic E-state index is 6.18. The van der Waals surface area contributed by atoms with Gasteiger partial charge in [0.15, 0.2) is 0 Å². The van der Waals surface area contributed by atoms with Crippen molar-refractivity contribution >= 4 is 0 Å². The molecule has 0 aromatic carbocycles. The normalized spacial score (nSPS) is 40.7. The van der Waals surface area contributed by atoms with Gasteiger partial charge >= 0.3 is 0 Å². The van der Waals surface area contributed by atoms with Crippen LogP contribution in [-0.4, -0.2) is 111 Å². The molecule has 6 nitrogen and oxygen atoms in total. The van der Waals surface area contributed by atoms with E-state index in [1.165, 1.54) is 71.4 Å². The summed E-state index contributed by atoms with van der Waals surface area (Å²) < 4.78 is 18.0. The van der Waals surface area contributed by atoms with Gasteiger partial charge in [-0.05, 0) is 105 Å². The summed E-state index contributed by atoms with van der Waals surface area (Å²) >= 11 is 0. The summed E-state index contributed by atoms with van der Waals surface area (Å²) in [6.45, 7) is 27.9. The van der Waals surface area contributed by atoms with Gasteiger partial charge in [-0.15, -0.1) is 0 Å². The molecule has 0 aromatic heterocycles. The van der Waals surface area contributed by atoms with Crippen LogP contribution in [0.2, 0.25) is 0 Å². The summed E-state index contributed by atoms with van der Waals surface area (Å²) in [5, 5.41) is 0. The molecule has 0 aromatic rings. The molecule has 0 saturated carbocycles. The van der Waals surface area contributed by atoms with Crippen LogP contribution in [0.25, 0.3) is 0 Å². The van der Waals surface area contributed by atoms with Gasteiger partial charge in [-0.3, -0.25) is 14.7 Å². The Morgan fingerprint density at radius 2 is 1.30 bits per heavy atom. The molecular formula is C31H55N3O3. The SMILES string of the molecule is CC(N1CCC2(CCOC2)C(C2CN(C(C)(C)C)CC23CCOC3)C1)C(C)(C)N1CCC2(CC1)COC2. The van der Waals surface area contributed by atoms with Crippen LogP contribution in [0.15, 0.2) is 0 Å². The van der Waals surface area contributed by atoms with E-state index in [4.69, 9.17) is 14.2 Å². The highest BCUT2D eigenvalue weighted by Crippen LogP contribution is 2.56. The third-order valence-corrected chi connectivity index (χ3v) is 12.6.